The van der Waals surface area contributed by atoms with Crippen LogP contribution in [0.1, 0.15) is 49.8 Å². The van der Waals surface area contributed by atoms with E-state index in [-0.39, 0.29) is 0 Å². The number of rotatable bonds is 6. The summed E-state index contributed by atoms with van der Waals surface area (Å²) in [5, 5.41) is 3.48. The van der Waals surface area contributed by atoms with Crippen LogP contribution < -0.4 is 5.32 Å². The zero-order chi connectivity index (χ0) is 11.4. The molecule has 1 N–H and O–H groups in total. The highest BCUT2D eigenvalue weighted by Crippen LogP contribution is 2.36. The van der Waals surface area contributed by atoms with Crippen molar-refractivity contribution in [2.75, 3.05) is 7.05 Å². The molecule has 1 saturated carbocycles. The topological polar surface area (TPSA) is 12.0 Å². The first-order valence-corrected chi connectivity index (χ1v) is 6.60. The predicted molar refractivity (Wildman–Crippen MR) is 69.6 cm³/mol. The third-order valence-corrected chi connectivity index (χ3v) is 3.72. The van der Waals surface area contributed by atoms with Gasteiger partial charge in [0.2, 0.25) is 0 Å². The normalized spacial score (nSPS) is 17.4. The van der Waals surface area contributed by atoms with Gasteiger partial charge in [-0.25, -0.2) is 0 Å². The molecule has 1 atom stereocenters. The second-order valence-electron chi connectivity index (χ2n) is 4.91. The fourth-order valence-corrected chi connectivity index (χ4v) is 2.46. The van der Waals surface area contributed by atoms with Crippen LogP contribution in [0.5, 0.6) is 0 Å². The van der Waals surface area contributed by atoms with Gasteiger partial charge in [-0.3, -0.25) is 0 Å². The van der Waals surface area contributed by atoms with Crippen molar-refractivity contribution in [3.8, 4) is 0 Å². The van der Waals surface area contributed by atoms with Crippen LogP contribution in [0.4, 0.5) is 0 Å². The average Bonchev–Trinajstić information content (AvgIpc) is 3.14. The molecule has 0 aliphatic heterocycles. The molecule has 0 aromatic heterocycles. The molecule has 0 spiro atoms. The van der Waals surface area contributed by atoms with Crippen molar-refractivity contribution in [1.82, 2.24) is 5.32 Å². The molecule has 16 heavy (non-hydrogen) atoms. The van der Waals surface area contributed by atoms with Gasteiger partial charge < -0.3 is 5.32 Å². The molecule has 0 radical (unpaired) electrons. The largest absolute Gasteiger partial charge is 0.313 e. The maximum atomic E-state index is 3.48. The number of benzene rings is 1. The fourth-order valence-electron chi connectivity index (χ4n) is 2.46. The Kier molecular flexibility index (Phi) is 4.00. The zero-order valence-corrected chi connectivity index (χ0v) is 10.5. The molecule has 1 aliphatic carbocycles. The lowest BCUT2D eigenvalue weighted by atomic mass is 9.95. The standard InChI is InChI=1S/C15H23N/c1-3-13-6-4-5-7-14(13)15(16-2)11-10-12-8-9-12/h4-7,12,15-16H,3,8-11H2,1-2H3. The van der Waals surface area contributed by atoms with Gasteiger partial charge in [-0.15, -0.1) is 0 Å². The van der Waals surface area contributed by atoms with E-state index in [1.165, 1.54) is 36.8 Å². The Balaban J connectivity index is 2.04. The zero-order valence-electron chi connectivity index (χ0n) is 10.5. The first kappa shape index (κ1) is 11.7. The summed E-state index contributed by atoms with van der Waals surface area (Å²) in [6.45, 7) is 2.24. The molecule has 1 heteroatoms. The van der Waals surface area contributed by atoms with E-state index in [2.05, 4.69) is 43.6 Å². The van der Waals surface area contributed by atoms with Crippen molar-refractivity contribution in [2.45, 2.75) is 45.1 Å². The highest BCUT2D eigenvalue weighted by atomic mass is 14.9. The van der Waals surface area contributed by atoms with E-state index in [1.54, 1.807) is 0 Å². The van der Waals surface area contributed by atoms with Crippen molar-refractivity contribution in [3.05, 3.63) is 35.4 Å². The lowest BCUT2D eigenvalue weighted by Crippen LogP contribution is -2.18. The van der Waals surface area contributed by atoms with Crippen LogP contribution in [0.3, 0.4) is 0 Å². The lowest BCUT2D eigenvalue weighted by molar-refractivity contribution is 0.503. The summed E-state index contributed by atoms with van der Waals surface area (Å²) in [6, 6.07) is 9.41. The van der Waals surface area contributed by atoms with Crippen LogP contribution in [0.2, 0.25) is 0 Å². The maximum absolute atomic E-state index is 3.48. The number of hydrogen-bond donors (Lipinski definition) is 1. The first-order chi connectivity index (χ1) is 7.85. The molecular weight excluding hydrogens is 194 g/mol. The lowest BCUT2D eigenvalue weighted by Gasteiger charge is -2.19. The summed E-state index contributed by atoms with van der Waals surface area (Å²) >= 11 is 0. The molecule has 0 amide bonds. The van der Waals surface area contributed by atoms with Crippen molar-refractivity contribution in [2.24, 2.45) is 5.92 Å². The monoisotopic (exact) mass is 217 g/mol. The molecular formula is C15H23N. The predicted octanol–water partition coefficient (Wildman–Crippen LogP) is 3.70. The summed E-state index contributed by atoms with van der Waals surface area (Å²) in [6.07, 6.45) is 6.75. The van der Waals surface area contributed by atoms with E-state index in [4.69, 9.17) is 0 Å². The number of hydrogen-bond acceptors (Lipinski definition) is 1. The van der Waals surface area contributed by atoms with Gasteiger partial charge in [-0.05, 0) is 43.4 Å². The van der Waals surface area contributed by atoms with Crippen LogP contribution in [0, 0.1) is 5.92 Å². The molecule has 1 aromatic carbocycles. The third kappa shape index (κ3) is 2.85. The molecule has 1 nitrogen and oxygen atoms in total. The minimum Gasteiger partial charge on any atom is -0.313 e. The molecule has 0 bridgehead atoms. The smallest absolute Gasteiger partial charge is 0.0320 e. The Morgan fingerprint density at radius 3 is 2.69 bits per heavy atom. The van der Waals surface area contributed by atoms with Gasteiger partial charge in [0.05, 0.1) is 0 Å². The molecule has 0 heterocycles. The Morgan fingerprint density at radius 1 is 1.31 bits per heavy atom. The Bertz CT molecular complexity index is 328. The molecule has 2 rings (SSSR count). The van der Waals surface area contributed by atoms with Crippen LogP contribution in [-0.2, 0) is 6.42 Å². The SMILES string of the molecule is CCc1ccccc1C(CCC1CC1)NC. The number of aryl methyl sites for hydroxylation is 1. The van der Waals surface area contributed by atoms with Crippen LogP contribution in [0.25, 0.3) is 0 Å². The molecule has 1 unspecified atom stereocenters. The van der Waals surface area contributed by atoms with Gasteiger partial charge in [-0.2, -0.15) is 0 Å². The van der Waals surface area contributed by atoms with Gasteiger partial charge in [-0.1, -0.05) is 44.0 Å². The van der Waals surface area contributed by atoms with E-state index in [0.717, 1.165) is 12.3 Å². The van der Waals surface area contributed by atoms with Gasteiger partial charge in [0.15, 0.2) is 0 Å². The second-order valence-corrected chi connectivity index (χ2v) is 4.91. The fraction of sp³-hybridized carbons (Fsp3) is 0.600. The van der Waals surface area contributed by atoms with E-state index < -0.39 is 0 Å². The minimum absolute atomic E-state index is 0.553. The molecule has 88 valence electrons. The van der Waals surface area contributed by atoms with Gasteiger partial charge >= 0.3 is 0 Å². The average molecular weight is 217 g/mol. The van der Waals surface area contributed by atoms with Crippen molar-refractivity contribution < 1.29 is 0 Å². The summed E-state index contributed by atoms with van der Waals surface area (Å²) < 4.78 is 0. The highest BCUT2D eigenvalue weighted by molar-refractivity contribution is 5.30. The molecule has 1 fully saturated rings. The quantitative estimate of drug-likeness (QED) is 0.766. The summed E-state index contributed by atoms with van der Waals surface area (Å²) in [7, 11) is 2.09. The molecule has 0 saturated heterocycles. The third-order valence-electron chi connectivity index (χ3n) is 3.72. The van der Waals surface area contributed by atoms with Crippen molar-refractivity contribution in [1.29, 1.82) is 0 Å². The first-order valence-electron chi connectivity index (χ1n) is 6.60. The van der Waals surface area contributed by atoms with Crippen LogP contribution in [0.15, 0.2) is 24.3 Å². The molecule has 1 aliphatic rings. The summed E-state index contributed by atoms with van der Waals surface area (Å²) in [5.74, 6) is 1.03. The highest BCUT2D eigenvalue weighted by Gasteiger charge is 2.23. The van der Waals surface area contributed by atoms with Gasteiger partial charge in [0, 0.05) is 6.04 Å². The number of nitrogens with one attached hydrogen (secondary N) is 1. The Hall–Kier alpha value is -0.820. The van der Waals surface area contributed by atoms with E-state index >= 15 is 0 Å². The Morgan fingerprint density at radius 2 is 2.06 bits per heavy atom. The van der Waals surface area contributed by atoms with E-state index in [1.807, 2.05) is 0 Å². The van der Waals surface area contributed by atoms with Crippen LogP contribution in [-0.4, -0.2) is 7.05 Å². The molecule has 1 aromatic rings. The van der Waals surface area contributed by atoms with E-state index in [0.29, 0.717) is 6.04 Å². The van der Waals surface area contributed by atoms with Crippen molar-refractivity contribution in [3.63, 3.8) is 0 Å². The summed E-state index contributed by atoms with van der Waals surface area (Å²) in [4.78, 5) is 0. The Labute approximate surface area is 99.3 Å². The van der Waals surface area contributed by atoms with Gasteiger partial charge in [0.25, 0.3) is 0 Å². The minimum atomic E-state index is 0.553. The van der Waals surface area contributed by atoms with E-state index in [9.17, 15) is 0 Å². The summed E-state index contributed by atoms with van der Waals surface area (Å²) in [5.41, 5.74) is 3.01. The van der Waals surface area contributed by atoms with Crippen LogP contribution >= 0.6 is 0 Å². The maximum Gasteiger partial charge on any atom is 0.0320 e. The van der Waals surface area contributed by atoms with Gasteiger partial charge in [0.1, 0.15) is 0 Å². The second kappa shape index (κ2) is 5.49. The van der Waals surface area contributed by atoms with Crippen molar-refractivity contribution >= 4 is 0 Å².